The van der Waals surface area contributed by atoms with Gasteiger partial charge in [-0.1, -0.05) is 30.4 Å². The normalized spacial score (nSPS) is 31.5. The summed E-state index contributed by atoms with van der Waals surface area (Å²) in [5, 5.41) is 9.53. The van der Waals surface area contributed by atoms with Gasteiger partial charge in [-0.3, -0.25) is 9.59 Å². The molecule has 5 nitrogen and oxygen atoms in total. The van der Waals surface area contributed by atoms with E-state index in [1.54, 1.807) is 0 Å². The largest absolute Gasteiger partial charge is 0.481 e. The molecule has 0 spiro atoms. The molecule has 0 aromatic heterocycles. The lowest BCUT2D eigenvalue weighted by Gasteiger charge is -2.38. The lowest BCUT2D eigenvalue weighted by atomic mass is 9.82. The summed E-state index contributed by atoms with van der Waals surface area (Å²) in [4.78, 5) is 28.7. The van der Waals surface area contributed by atoms with Crippen LogP contribution in [0.5, 0.6) is 0 Å². The average Bonchev–Trinajstić information content (AvgIpc) is 3.23. The summed E-state index contributed by atoms with van der Waals surface area (Å²) in [5.41, 5.74) is 1.18. The quantitative estimate of drug-likeness (QED) is 0.861. The van der Waals surface area contributed by atoms with E-state index >= 15 is 0 Å². The predicted molar refractivity (Wildman–Crippen MR) is 90.6 cm³/mol. The Hall–Kier alpha value is -2.30. The molecule has 4 atom stereocenters. The van der Waals surface area contributed by atoms with E-state index < -0.39 is 11.9 Å². The number of fused-ring (bicyclic) bond motifs is 2. The van der Waals surface area contributed by atoms with Crippen LogP contribution in [0.1, 0.15) is 6.42 Å². The molecule has 1 aromatic carbocycles. The average molecular weight is 326 g/mol. The number of hydrogen-bond acceptors (Lipinski definition) is 3. The second-order valence-corrected chi connectivity index (χ2v) is 6.99. The van der Waals surface area contributed by atoms with Crippen molar-refractivity contribution in [2.24, 2.45) is 23.7 Å². The number of carbonyl (C=O) groups excluding carboxylic acids is 1. The lowest BCUT2D eigenvalue weighted by molar-refractivity contribution is -0.151. The first kappa shape index (κ1) is 15.2. The summed E-state index contributed by atoms with van der Waals surface area (Å²) in [6.07, 6.45) is 4.85. The highest BCUT2D eigenvalue weighted by molar-refractivity contribution is 5.87. The van der Waals surface area contributed by atoms with Crippen LogP contribution in [0.4, 0.5) is 5.69 Å². The molecular formula is C19H22N2O3. The van der Waals surface area contributed by atoms with Crippen molar-refractivity contribution in [2.75, 3.05) is 31.1 Å². The molecule has 4 rings (SSSR count). The minimum Gasteiger partial charge on any atom is -0.481 e. The highest BCUT2D eigenvalue weighted by atomic mass is 16.4. The fourth-order valence-electron chi connectivity index (χ4n) is 4.53. The zero-order valence-electron chi connectivity index (χ0n) is 13.5. The van der Waals surface area contributed by atoms with Crippen LogP contribution in [0.3, 0.4) is 0 Å². The van der Waals surface area contributed by atoms with Crippen molar-refractivity contribution in [2.45, 2.75) is 6.42 Å². The first-order valence-electron chi connectivity index (χ1n) is 8.65. The Morgan fingerprint density at radius 1 is 0.917 bits per heavy atom. The van der Waals surface area contributed by atoms with Crippen molar-refractivity contribution in [1.82, 2.24) is 4.90 Å². The molecule has 1 N–H and O–H groups in total. The van der Waals surface area contributed by atoms with Crippen LogP contribution in [0, 0.1) is 23.7 Å². The minimum absolute atomic E-state index is 0.0342. The number of carboxylic acid groups (broad SMARTS) is 1. The Balaban J connectivity index is 1.43. The van der Waals surface area contributed by atoms with E-state index in [0.717, 1.165) is 19.5 Å². The molecule has 5 heteroatoms. The van der Waals surface area contributed by atoms with E-state index in [1.165, 1.54) is 5.69 Å². The van der Waals surface area contributed by atoms with Crippen molar-refractivity contribution in [1.29, 1.82) is 0 Å². The van der Waals surface area contributed by atoms with Gasteiger partial charge >= 0.3 is 5.97 Å². The smallest absolute Gasteiger partial charge is 0.307 e. The number of rotatable bonds is 3. The number of nitrogens with zero attached hydrogens (tertiary/aromatic N) is 2. The van der Waals surface area contributed by atoms with Crippen molar-refractivity contribution < 1.29 is 14.7 Å². The number of amides is 1. The monoisotopic (exact) mass is 326 g/mol. The molecule has 2 bridgehead atoms. The third-order valence-electron chi connectivity index (χ3n) is 5.74. The van der Waals surface area contributed by atoms with E-state index in [1.807, 2.05) is 35.3 Å². The van der Waals surface area contributed by atoms with E-state index in [2.05, 4.69) is 17.0 Å². The lowest BCUT2D eigenvalue weighted by Crippen LogP contribution is -2.52. The molecule has 1 amide bonds. The highest BCUT2D eigenvalue weighted by Crippen LogP contribution is 2.48. The van der Waals surface area contributed by atoms with Gasteiger partial charge in [0.15, 0.2) is 0 Å². The summed E-state index contributed by atoms with van der Waals surface area (Å²) in [6.45, 7) is 2.92. The summed E-state index contributed by atoms with van der Waals surface area (Å²) in [6, 6.07) is 10.2. The first-order chi connectivity index (χ1) is 11.6. The van der Waals surface area contributed by atoms with Crippen LogP contribution in [0.2, 0.25) is 0 Å². The van der Waals surface area contributed by atoms with Crippen molar-refractivity contribution in [3.8, 4) is 0 Å². The number of hydrogen-bond donors (Lipinski definition) is 1. The maximum absolute atomic E-state index is 13.0. The Labute approximate surface area is 141 Å². The minimum atomic E-state index is -0.826. The predicted octanol–water partition coefficient (Wildman–Crippen LogP) is 1.86. The zero-order valence-corrected chi connectivity index (χ0v) is 13.5. The second kappa shape index (κ2) is 5.96. The van der Waals surface area contributed by atoms with E-state index in [4.69, 9.17) is 0 Å². The Morgan fingerprint density at radius 2 is 1.54 bits per heavy atom. The number of carboxylic acids is 1. The van der Waals surface area contributed by atoms with E-state index in [9.17, 15) is 14.7 Å². The van der Waals surface area contributed by atoms with Crippen LogP contribution in [-0.2, 0) is 9.59 Å². The van der Waals surface area contributed by atoms with E-state index in [0.29, 0.717) is 13.1 Å². The molecule has 0 unspecified atom stereocenters. The molecule has 2 fully saturated rings. The first-order valence-corrected chi connectivity index (χ1v) is 8.65. The zero-order chi connectivity index (χ0) is 16.7. The molecule has 1 aromatic rings. The van der Waals surface area contributed by atoms with Gasteiger partial charge in [0.2, 0.25) is 5.91 Å². The molecule has 1 saturated heterocycles. The fourth-order valence-corrected chi connectivity index (χ4v) is 4.53. The van der Waals surface area contributed by atoms with Gasteiger partial charge in [0.25, 0.3) is 0 Å². The number of anilines is 1. The van der Waals surface area contributed by atoms with Crippen molar-refractivity contribution in [3.05, 3.63) is 42.5 Å². The van der Waals surface area contributed by atoms with Gasteiger partial charge in [0.05, 0.1) is 11.8 Å². The SMILES string of the molecule is O=C(O)[C@H]1[C@H](C(=O)N2CCN(c3ccccc3)CC2)[C@H]2C=C[C@@H]1C2. The molecule has 1 saturated carbocycles. The third-order valence-corrected chi connectivity index (χ3v) is 5.74. The summed E-state index contributed by atoms with van der Waals surface area (Å²) >= 11 is 0. The van der Waals surface area contributed by atoms with Crippen LogP contribution in [0.15, 0.2) is 42.5 Å². The summed E-state index contributed by atoms with van der Waals surface area (Å²) in [5.74, 6) is -1.57. The van der Waals surface area contributed by atoms with Crippen LogP contribution in [-0.4, -0.2) is 48.1 Å². The van der Waals surface area contributed by atoms with Gasteiger partial charge in [0, 0.05) is 31.9 Å². The molecular weight excluding hydrogens is 304 g/mol. The third kappa shape index (κ3) is 2.48. The molecule has 126 valence electrons. The van der Waals surface area contributed by atoms with Gasteiger partial charge in [-0.25, -0.2) is 0 Å². The fraction of sp³-hybridized carbons (Fsp3) is 0.474. The Bertz CT molecular complexity index is 664. The molecule has 2 aliphatic carbocycles. The standard InChI is InChI=1S/C19H22N2O3/c22-18(16-13-6-7-14(12-13)17(16)19(23)24)21-10-8-20(9-11-21)15-4-2-1-3-5-15/h1-7,13-14,16-17H,8-12H2,(H,23,24)/t13-,14+,16+,17+/m0/s1. The highest BCUT2D eigenvalue weighted by Gasteiger charge is 2.52. The number of aliphatic carboxylic acids is 1. The second-order valence-electron chi connectivity index (χ2n) is 6.99. The molecule has 0 radical (unpaired) electrons. The molecule has 1 aliphatic heterocycles. The van der Waals surface area contributed by atoms with Crippen LogP contribution < -0.4 is 4.90 Å². The summed E-state index contributed by atoms with van der Waals surface area (Å²) < 4.78 is 0. The summed E-state index contributed by atoms with van der Waals surface area (Å²) in [7, 11) is 0. The number of piperazine rings is 1. The topological polar surface area (TPSA) is 60.9 Å². The van der Waals surface area contributed by atoms with E-state index in [-0.39, 0.29) is 23.7 Å². The number of allylic oxidation sites excluding steroid dienone is 2. The van der Waals surface area contributed by atoms with Crippen molar-refractivity contribution >= 4 is 17.6 Å². The van der Waals surface area contributed by atoms with Crippen molar-refractivity contribution in [3.63, 3.8) is 0 Å². The molecule has 3 aliphatic rings. The van der Waals surface area contributed by atoms with Gasteiger partial charge in [-0.15, -0.1) is 0 Å². The van der Waals surface area contributed by atoms with Gasteiger partial charge in [-0.2, -0.15) is 0 Å². The van der Waals surface area contributed by atoms with Crippen LogP contribution >= 0.6 is 0 Å². The van der Waals surface area contributed by atoms with Crippen LogP contribution in [0.25, 0.3) is 0 Å². The number of benzene rings is 1. The van der Waals surface area contributed by atoms with Gasteiger partial charge in [0.1, 0.15) is 0 Å². The molecule has 24 heavy (non-hydrogen) atoms. The van der Waals surface area contributed by atoms with Gasteiger partial charge in [-0.05, 0) is 30.4 Å². The molecule has 1 heterocycles. The van der Waals surface area contributed by atoms with Gasteiger partial charge < -0.3 is 14.9 Å². The number of para-hydroxylation sites is 1. The Kier molecular flexibility index (Phi) is 3.79. The maximum atomic E-state index is 13.0. The maximum Gasteiger partial charge on any atom is 0.307 e. The Morgan fingerprint density at radius 3 is 2.17 bits per heavy atom. The number of carbonyl (C=O) groups is 2.